The first-order valence-corrected chi connectivity index (χ1v) is 8.44. The zero-order valence-corrected chi connectivity index (χ0v) is 14.1. The van der Waals surface area contributed by atoms with Crippen molar-refractivity contribution in [2.24, 2.45) is 0 Å². The van der Waals surface area contributed by atoms with Gasteiger partial charge >= 0.3 is 5.56 Å². The SMILES string of the molecule is Nn1c(SCc2ccccc2)nnc(Nc2cccc(Cl)c2)c1=O. The quantitative estimate of drug-likeness (QED) is 0.538. The maximum atomic E-state index is 12.3. The molecule has 0 spiro atoms. The van der Waals surface area contributed by atoms with E-state index in [-0.39, 0.29) is 5.82 Å². The minimum Gasteiger partial charge on any atom is -0.334 e. The van der Waals surface area contributed by atoms with Gasteiger partial charge < -0.3 is 11.2 Å². The summed E-state index contributed by atoms with van der Waals surface area (Å²) in [6.45, 7) is 0. The Morgan fingerprint density at radius 1 is 1.12 bits per heavy atom. The Bertz CT molecular complexity index is 900. The maximum absolute atomic E-state index is 12.3. The molecule has 8 heteroatoms. The van der Waals surface area contributed by atoms with Gasteiger partial charge in [-0.25, -0.2) is 0 Å². The molecule has 3 aromatic rings. The van der Waals surface area contributed by atoms with Crippen LogP contribution in [0.4, 0.5) is 11.5 Å². The van der Waals surface area contributed by atoms with Crippen LogP contribution in [-0.4, -0.2) is 14.9 Å². The second kappa shape index (κ2) is 7.37. The topological polar surface area (TPSA) is 85.8 Å². The van der Waals surface area contributed by atoms with Crippen LogP contribution >= 0.6 is 23.4 Å². The highest BCUT2D eigenvalue weighted by atomic mass is 35.5. The van der Waals surface area contributed by atoms with Crippen LogP contribution in [0.2, 0.25) is 5.02 Å². The number of nitrogens with two attached hydrogens (primary N) is 1. The zero-order chi connectivity index (χ0) is 16.9. The van der Waals surface area contributed by atoms with Crippen molar-refractivity contribution in [3.8, 4) is 0 Å². The van der Waals surface area contributed by atoms with Crippen LogP contribution in [0, 0.1) is 0 Å². The fraction of sp³-hybridized carbons (Fsp3) is 0.0625. The number of halogens is 1. The molecule has 0 amide bonds. The maximum Gasteiger partial charge on any atom is 0.315 e. The van der Waals surface area contributed by atoms with Crippen molar-refractivity contribution < 1.29 is 0 Å². The van der Waals surface area contributed by atoms with E-state index in [0.717, 1.165) is 10.2 Å². The Kier molecular flexibility index (Phi) is 5.02. The number of nitrogen functional groups attached to an aromatic ring is 1. The van der Waals surface area contributed by atoms with E-state index in [2.05, 4.69) is 15.5 Å². The summed E-state index contributed by atoms with van der Waals surface area (Å²) in [7, 11) is 0. The van der Waals surface area contributed by atoms with Gasteiger partial charge in [-0.3, -0.25) is 4.79 Å². The van der Waals surface area contributed by atoms with Gasteiger partial charge in [-0.05, 0) is 23.8 Å². The molecule has 122 valence electrons. The molecule has 3 N–H and O–H groups in total. The average Bonchev–Trinajstić information content (AvgIpc) is 2.59. The first-order valence-electron chi connectivity index (χ1n) is 7.07. The third-order valence-electron chi connectivity index (χ3n) is 3.16. The normalized spacial score (nSPS) is 10.5. The lowest BCUT2D eigenvalue weighted by molar-refractivity contribution is 0.705. The highest BCUT2D eigenvalue weighted by Gasteiger charge is 2.11. The largest absolute Gasteiger partial charge is 0.334 e. The number of nitrogens with one attached hydrogen (secondary N) is 1. The first-order chi connectivity index (χ1) is 11.6. The van der Waals surface area contributed by atoms with Crippen LogP contribution in [0.3, 0.4) is 0 Å². The second-order valence-corrected chi connectivity index (χ2v) is 6.29. The van der Waals surface area contributed by atoms with E-state index >= 15 is 0 Å². The molecule has 1 aromatic heterocycles. The summed E-state index contributed by atoms with van der Waals surface area (Å²) < 4.78 is 0.994. The number of hydrogen-bond acceptors (Lipinski definition) is 6. The summed E-state index contributed by atoms with van der Waals surface area (Å²) in [5.41, 5.74) is 1.29. The number of anilines is 2. The Labute approximate surface area is 147 Å². The van der Waals surface area contributed by atoms with E-state index in [4.69, 9.17) is 17.4 Å². The van der Waals surface area contributed by atoms with Crippen molar-refractivity contribution in [3.63, 3.8) is 0 Å². The highest BCUT2D eigenvalue weighted by molar-refractivity contribution is 7.98. The number of thioether (sulfide) groups is 1. The summed E-state index contributed by atoms with van der Waals surface area (Å²) in [6, 6.07) is 16.8. The van der Waals surface area contributed by atoms with Gasteiger partial charge in [0.1, 0.15) is 0 Å². The van der Waals surface area contributed by atoms with E-state index < -0.39 is 5.56 Å². The molecule has 3 rings (SSSR count). The lowest BCUT2D eigenvalue weighted by atomic mass is 10.2. The van der Waals surface area contributed by atoms with Crippen LogP contribution in [0.25, 0.3) is 0 Å². The minimum atomic E-state index is -0.458. The van der Waals surface area contributed by atoms with Gasteiger partial charge in [-0.15, -0.1) is 10.2 Å². The van der Waals surface area contributed by atoms with Gasteiger partial charge in [0, 0.05) is 16.5 Å². The van der Waals surface area contributed by atoms with Gasteiger partial charge in [-0.2, -0.15) is 4.68 Å². The summed E-state index contributed by atoms with van der Waals surface area (Å²) in [4.78, 5) is 12.3. The Balaban J connectivity index is 1.77. The third-order valence-corrected chi connectivity index (χ3v) is 4.41. The van der Waals surface area contributed by atoms with Crippen molar-refractivity contribution in [2.45, 2.75) is 10.9 Å². The molecule has 6 nitrogen and oxygen atoms in total. The number of nitrogens with zero attached hydrogens (tertiary/aromatic N) is 3. The van der Waals surface area contributed by atoms with E-state index in [1.807, 2.05) is 30.3 Å². The van der Waals surface area contributed by atoms with Gasteiger partial charge in [0.15, 0.2) is 0 Å². The second-order valence-electron chi connectivity index (χ2n) is 4.92. The predicted molar refractivity (Wildman–Crippen MR) is 97.2 cm³/mol. The lowest BCUT2D eigenvalue weighted by Gasteiger charge is -2.09. The summed E-state index contributed by atoms with van der Waals surface area (Å²) in [5, 5.41) is 11.7. The lowest BCUT2D eigenvalue weighted by Crippen LogP contribution is -2.32. The highest BCUT2D eigenvalue weighted by Crippen LogP contribution is 2.20. The van der Waals surface area contributed by atoms with Crippen LogP contribution < -0.4 is 16.7 Å². The van der Waals surface area contributed by atoms with Crippen LogP contribution in [0.15, 0.2) is 64.5 Å². The molecule has 0 radical (unpaired) electrons. The molecule has 0 aliphatic heterocycles. The van der Waals surface area contributed by atoms with Crippen LogP contribution in [-0.2, 0) is 5.75 Å². The minimum absolute atomic E-state index is 0.0452. The standard InChI is InChI=1S/C16H14ClN5OS/c17-12-7-4-8-13(9-12)19-14-15(23)22(18)16(21-20-14)24-10-11-5-2-1-3-6-11/h1-9H,10,18H2,(H,19,20). The Morgan fingerprint density at radius 3 is 2.67 bits per heavy atom. The molecule has 0 saturated heterocycles. The summed E-state index contributed by atoms with van der Waals surface area (Å²) >= 11 is 7.27. The van der Waals surface area contributed by atoms with Crippen molar-refractivity contribution >= 4 is 34.9 Å². The molecule has 2 aromatic carbocycles. The van der Waals surface area contributed by atoms with E-state index in [1.54, 1.807) is 24.3 Å². The molecule has 0 bridgehead atoms. The molecule has 24 heavy (non-hydrogen) atoms. The monoisotopic (exact) mass is 359 g/mol. The van der Waals surface area contributed by atoms with E-state index in [1.165, 1.54) is 11.8 Å². The van der Waals surface area contributed by atoms with Crippen LogP contribution in [0.1, 0.15) is 5.56 Å². The van der Waals surface area contributed by atoms with Gasteiger partial charge in [0.25, 0.3) is 0 Å². The molecular formula is C16H14ClN5OS. The Morgan fingerprint density at radius 2 is 1.92 bits per heavy atom. The molecule has 0 unspecified atom stereocenters. The van der Waals surface area contributed by atoms with Crippen molar-refractivity contribution in [2.75, 3.05) is 11.2 Å². The molecule has 0 saturated carbocycles. The van der Waals surface area contributed by atoms with Gasteiger partial charge in [0.2, 0.25) is 11.0 Å². The van der Waals surface area contributed by atoms with Gasteiger partial charge in [0.05, 0.1) is 0 Å². The van der Waals surface area contributed by atoms with Gasteiger partial charge in [-0.1, -0.05) is 59.8 Å². The average molecular weight is 360 g/mol. The number of aromatic nitrogens is 3. The molecule has 0 atom stereocenters. The zero-order valence-electron chi connectivity index (χ0n) is 12.5. The predicted octanol–water partition coefficient (Wildman–Crippen LogP) is 3.04. The van der Waals surface area contributed by atoms with E-state index in [0.29, 0.717) is 21.6 Å². The molecule has 1 heterocycles. The van der Waals surface area contributed by atoms with Crippen molar-refractivity contribution in [1.82, 2.24) is 14.9 Å². The number of benzene rings is 2. The number of rotatable bonds is 5. The molecule has 0 fully saturated rings. The van der Waals surface area contributed by atoms with E-state index in [9.17, 15) is 4.79 Å². The van der Waals surface area contributed by atoms with Crippen molar-refractivity contribution in [1.29, 1.82) is 0 Å². The summed E-state index contributed by atoms with van der Waals surface area (Å²) in [5.74, 6) is 6.54. The van der Waals surface area contributed by atoms with Crippen LogP contribution in [0.5, 0.6) is 0 Å². The Hall–Kier alpha value is -2.51. The molecular weight excluding hydrogens is 346 g/mol. The fourth-order valence-corrected chi connectivity index (χ4v) is 2.99. The first kappa shape index (κ1) is 16.4. The summed E-state index contributed by atoms with van der Waals surface area (Å²) in [6.07, 6.45) is 0. The molecule has 0 aliphatic carbocycles. The smallest absolute Gasteiger partial charge is 0.315 e. The number of hydrogen-bond donors (Lipinski definition) is 2. The fourth-order valence-electron chi connectivity index (χ4n) is 1.99. The van der Waals surface area contributed by atoms with Crippen molar-refractivity contribution in [3.05, 3.63) is 75.5 Å². The third kappa shape index (κ3) is 3.87. The molecule has 0 aliphatic rings.